The van der Waals surface area contributed by atoms with Gasteiger partial charge in [-0.05, 0) is 55.4 Å². The quantitative estimate of drug-likeness (QED) is 0.584. The molecule has 3 aromatic rings. The molecule has 2 heterocycles. The summed E-state index contributed by atoms with van der Waals surface area (Å²) in [5.41, 5.74) is 4.38. The zero-order valence-corrected chi connectivity index (χ0v) is 18.9. The van der Waals surface area contributed by atoms with Crippen LogP contribution in [0.2, 0.25) is 0 Å². The van der Waals surface area contributed by atoms with Crippen LogP contribution in [0.4, 0.5) is 15.6 Å². The first-order valence-corrected chi connectivity index (χ1v) is 11.6. The Morgan fingerprint density at radius 1 is 1.10 bits per heavy atom. The molecule has 7 heteroatoms. The number of anilines is 2. The van der Waals surface area contributed by atoms with Gasteiger partial charge in [0, 0.05) is 43.3 Å². The molecule has 1 aliphatic heterocycles. The van der Waals surface area contributed by atoms with Crippen LogP contribution >= 0.6 is 11.5 Å². The summed E-state index contributed by atoms with van der Waals surface area (Å²) >= 11 is 1.48. The van der Waals surface area contributed by atoms with E-state index in [-0.39, 0.29) is 6.03 Å². The van der Waals surface area contributed by atoms with E-state index in [1.54, 1.807) is 0 Å². The van der Waals surface area contributed by atoms with E-state index in [4.69, 9.17) is 4.98 Å². The molecule has 0 atom stereocenters. The van der Waals surface area contributed by atoms with Gasteiger partial charge in [0.25, 0.3) is 0 Å². The Labute approximate surface area is 187 Å². The van der Waals surface area contributed by atoms with Crippen LogP contribution in [0.25, 0.3) is 0 Å². The monoisotopic (exact) mass is 435 g/mol. The van der Waals surface area contributed by atoms with Crippen molar-refractivity contribution < 1.29 is 4.79 Å². The number of amides is 2. The van der Waals surface area contributed by atoms with Crippen LogP contribution in [0.15, 0.2) is 48.5 Å². The third-order valence-corrected chi connectivity index (χ3v) is 6.77. The van der Waals surface area contributed by atoms with Crippen molar-refractivity contribution in [1.29, 1.82) is 0 Å². The molecule has 0 aliphatic carbocycles. The van der Waals surface area contributed by atoms with Gasteiger partial charge in [0.05, 0.1) is 0 Å². The molecule has 0 saturated carbocycles. The highest BCUT2D eigenvalue weighted by Gasteiger charge is 2.22. The lowest BCUT2D eigenvalue weighted by atomic mass is 9.97. The molecule has 1 aromatic heterocycles. The number of aromatic nitrogens is 2. The van der Waals surface area contributed by atoms with E-state index in [2.05, 4.69) is 45.0 Å². The molecule has 0 bridgehead atoms. The van der Waals surface area contributed by atoms with Gasteiger partial charge in [0.1, 0.15) is 5.82 Å². The first-order valence-electron chi connectivity index (χ1n) is 10.8. The normalized spacial score (nSPS) is 14.5. The van der Waals surface area contributed by atoms with Gasteiger partial charge >= 0.3 is 6.03 Å². The molecule has 1 saturated heterocycles. The van der Waals surface area contributed by atoms with Gasteiger partial charge in [0.2, 0.25) is 5.13 Å². The summed E-state index contributed by atoms with van der Waals surface area (Å²) in [6.07, 6.45) is 2.85. The lowest BCUT2D eigenvalue weighted by Crippen LogP contribution is -2.39. The predicted octanol–water partition coefficient (Wildman–Crippen LogP) is 4.78. The molecule has 6 nitrogen and oxygen atoms in total. The molecule has 2 amide bonds. The molecule has 31 heavy (non-hydrogen) atoms. The molecule has 0 radical (unpaired) electrons. The minimum atomic E-state index is -0.134. The van der Waals surface area contributed by atoms with E-state index in [0.29, 0.717) is 12.5 Å². The molecular weight excluding hydrogens is 406 g/mol. The average molecular weight is 436 g/mol. The van der Waals surface area contributed by atoms with Crippen LogP contribution < -0.4 is 15.5 Å². The molecule has 2 N–H and O–H groups in total. The van der Waals surface area contributed by atoms with Gasteiger partial charge in [-0.3, -0.25) is 0 Å². The molecular formula is C24H29N5OS. The molecule has 162 valence electrons. The molecule has 4 rings (SSSR count). The highest BCUT2D eigenvalue weighted by molar-refractivity contribution is 7.09. The number of hydrogen-bond acceptors (Lipinski definition) is 5. The Balaban J connectivity index is 1.22. The predicted molar refractivity (Wildman–Crippen MR) is 127 cm³/mol. The van der Waals surface area contributed by atoms with Crippen molar-refractivity contribution in [3.05, 3.63) is 71.0 Å². The maximum atomic E-state index is 12.3. The van der Waals surface area contributed by atoms with Crippen molar-refractivity contribution in [1.82, 2.24) is 14.7 Å². The second-order valence-electron chi connectivity index (χ2n) is 8.17. The van der Waals surface area contributed by atoms with Crippen LogP contribution in [0.3, 0.4) is 0 Å². The molecule has 0 unspecified atom stereocenters. The van der Waals surface area contributed by atoms with Gasteiger partial charge in [-0.25, -0.2) is 9.78 Å². The third kappa shape index (κ3) is 5.61. The molecule has 0 spiro atoms. The van der Waals surface area contributed by atoms with Crippen molar-refractivity contribution in [2.45, 2.75) is 33.1 Å². The van der Waals surface area contributed by atoms with Gasteiger partial charge < -0.3 is 15.5 Å². The third-order valence-electron chi connectivity index (χ3n) is 5.95. The summed E-state index contributed by atoms with van der Waals surface area (Å²) in [4.78, 5) is 19.4. The lowest BCUT2D eigenvalue weighted by molar-refractivity contribution is 0.248. The second-order valence-corrected chi connectivity index (χ2v) is 8.90. The number of piperidine rings is 1. The number of hydrogen-bond donors (Lipinski definition) is 2. The summed E-state index contributed by atoms with van der Waals surface area (Å²) in [7, 11) is 0. The number of carbonyl (C=O) groups excluding carboxylic acids is 1. The largest absolute Gasteiger partial charge is 0.347 e. The topological polar surface area (TPSA) is 70.2 Å². The number of carbonyl (C=O) groups is 1. The summed E-state index contributed by atoms with van der Waals surface area (Å²) in [5.74, 6) is 1.37. The van der Waals surface area contributed by atoms with E-state index in [9.17, 15) is 4.79 Å². The Kier molecular flexibility index (Phi) is 6.82. The maximum Gasteiger partial charge on any atom is 0.319 e. The number of aryl methyl sites for hydroxylation is 1. The van der Waals surface area contributed by atoms with E-state index in [0.717, 1.165) is 54.6 Å². The molecule has 1 aliphatic rings. The fourth-order valence-electron chi connectivity index (χ4n) is 3.84. The Morgan fingerprint density at radius 2 is 1.87 bits per heavy atom. The van der Waals surface area contributed by atoms with Crippen molar-refractivity contribution in [3.8, 4) is 0 Å². The number of rotatable bonds is 6. The molecule has 2 aromatic carbocycles. The number of benzene rings is 2. The van der Waals surface area contributed by atoms with Crippen molar-refractivity contribution in [3.63, 3.8) is 0 Å². The van der Waals surface area contributed by atoms with Gasteiger partial charge in [-0.2, -0.15) is 4.37 Å². The number of urea groups is 1. The van der Waals surface area contributed by atoms with Gasteiger partial charge in [0.15, 0.2) is 0 Å². The molecule has 1 fully saturated rings. The van der Waals surface area contributed by atoms with E-state index in [1.807, 2.05) is 37.3 Å². The Bertz CT molecular complexity index is 1010. The zero-order chi connectivity index (χ0) is 21.6. The average Bonchev–Trinajstić information content (AvgIpc) is 3.25. The summed E-state index contributed by atoms with van der Waals surface area (Å²) in [6.45, 7) is 6.67. The standard InChI is InChI=1S/C24H29N5OS/c1-17-7-6-10-21(18(17)2)26-23(30)25-16-20-11-13-29(14-12-20)24-27-22(28-31-24)15-19-8-4-3-5-9-19/h3-10,20H,11-16H2,1-2H3,(H2,25,26,30). The van der Waals surface area contributed by atoms with Crippen LogP contribution in [-0.2, 0) is 6.42 Å². The number of nitrogens with zero attached hydrogens (tertiary/aromatic N) is 3. The Hall–Kier alpha value is -2.93. The maximum absolute atomic E-state index is 12.3. The van der Waals surface area contributed by atoms with Crippen LogP contribution in [-0.4, -0.2) is 35.0 Å². The fourth-order valence-corrected chi connectivity index (χ4v) is 4.58. The van der Waals surface area contributed by atoms with E-state index < -0.39 is 0 Å². The number of nitrogens with one attached hydrogen (secondary N) is 2. The summed E-state index contributed by atoms with van der Waals surface area (Å²) in [5, 5.41) is 7.02. The first kappa shape index (κ1) is 21.3. The zero-order valence-electron chi connectivity index (χ0n) is 18.1. The second kappa shape index (κ2) is 9.92. The first-order chi connectivity index (χ1) is 15.1. The van der Waals surface area contributed by atoms with Crippen LogP contribution in [0.5, 0.6) is 0 Å². The summed E-state index contributed by atoms with van der Waals surface area (Å²) < 4.78 is 4.54. The fraction of sp³-hybridized carbons (Fsp3) is 0.375. The van der Waals surface area contributed by atoms with Crippen molar-refractivity contribution in [2.75, 3.05) is 29.9 Å². The highest BCUT2D eigenvalue weighted by atomic mass is 32.1. The van der Waals surface area contributed by atoms with Gasteiger partial charge in [-0.1, -0.05) is 42.5 Å². The van der Waals surface area contributed by atoms with Crippen molar-refractivity contribution in [2.24, 2.45) is 5.92 Å². The SMILES string of the molecule is Cc1cccc(NC(=O)NCC2CCN(c3nc(Cc4ccccc4)ns3)CC2)c1C. The van der Waals surface area contributed by atoms with Crippen molar-refractivity contribution >= 4 is 28.4 Å². The smallest absolute Gasteiger partial charge is 0.319 e. The van der Waals surface area contributed by atoms with E-state index in [1.165, 1.54) is 22.7 Å². The van der Waals surface area contributed by atoms with E-state index >= 15 is 0 Å². The Morgan fingerprint density at radius 3 is 2.65 bits per heavy atom. The lowest BCUT2D eigenvalue weighted by Gasteiger charge is -2.31. The minimum absolute atomic E-state index is 0.134. The van der Waals surface area contributed by atoms with Crippen LogP contribution in [0.1, 0.15) is 35.4 Å². The highest BCUT2D eigenvalue weighted by Crippen LogP contribution is 2.25. The minimum Gasteiger partial charge on any atom is -0.347 e. The van der Waals surface area contributed by atoms with Crippen LogP contribution in [0, 0.1) is 19.8 Å². The van der Waals surface area contributed by atoms with Gasteiger partial charge in [-0.15, -0.1) is 0 Å². The summed E-state index contributed by atoms with van der Waals surface area (Å²) in [6, 6.07) is 16.1.